The van der Waals surface area contributed by atoms with Crippen LogP contribution in [0.4, 0.5) is 5.82 Å². The molecule has 0 bridgehead atoms. The highest BCUT2D eigenvalue weighted by Crippen LogP contribution is 2.46. The molecule has 1 aliphatic heterocycles. The normalized spacial score (nSPS) is 17.9. The van der Waals surface area contributed by atoms with E-state index in [0.29, 0.717) is 29.8 Å². The number of pyridine rings is 2. The second kappa shape index (κ2) is 6.07. The second-order valence-electron chi connectivity index (χ2n) is 6.85. The number of nitrogens with one attached hydrogen (secondary N) is 2. The summed E-state index contributed by atoms with van der Waals surface area (Å²) in [7, 11) is 0. The summed E-state index contributed by atoms with van der Waals surface area (Å²) in [5, 5.41) is 4.80. The van der Waals surface area contributed by atoms with Gasteiger partial charge in [-0.25, -0.2) is 9.97 Å². The van der Waals surface area contributed by atoms with Crippen molar-refractivity contribution in [1.82, 2.24) is 20.3 Å². The summed E-state index contributed by atoms with van der Waals surface area (Å²) in [5.74, 6) is 1.27. The molecule has 2 N–H and O–H groups in total. The number of rotatable bonds is 3. The fourth-order valence-corrected chi connectivity index (χ4v) is 3.94. The maximum atomic E-state index is 12.2. The van der Waals surface area contributed by atoms with E-state index in [2.05, 4.69) is 20.3 Å². The number of amides is 1. The highest BCUT2D eigenvalue weighted by molar-refractivity contribution is 6.38. The highest BCUT2D eigenvalue weighted by Gasteiger charge is 2.28. The summed E-state index contributed by atoms with van der Waals surface area (Å²) in [4.78, 5) is 26.0. The van der Waals surface area contributed by atoms with Crippen LogP contribution in [0.25, 0.3) is 22.2 Å². The molecule has 0 spiro atoms. The summed E-state index contributed by atoms with van der Waals surface area (Å²) in [6, 6.07) is 3.83. The number of carbonyl (C=O) groups is 1. The van der Waals surface area contributed by atoms with Gasteiger partial charge < -0.3 is 10.3 Å². The van der Waals surface area contributed by atoms with Gasteiger partial charge in [0.05, 0.1) is 11.6 Å². The Labute approximate surface area is 155 Å². The van der Waals surface area contributed by atoms with Crippen LogP contribution >= 0.6 is 11.6 Å². The smallest absolute Gasteiger partial charge is 0.242 e. The standard InChI is InChI=1S/C19H18ClN5O/c20-18-14(9-24-19-17(18)13(8-23-19)11-1-2-11)12-3-4-22-15(7-12)25-6-5-21-10-16(25)26/h3-4,7-9,11,21H,1-2,5-6,10H2,(H,23,24). The Bertz CT molecular complexity index is 1010. The molecule has 0 atom stereocenters. The predicted octanol–water partition coefficient (Wildman–Crippen LogP) is 3.09. The van der Waals surface area contributed by atoms with Crippen molar-refractivity contribution in [3.8, 4) is 11.1 Å². The van der Waals surface area contributed by atoms with Crippen molar-refractivity contribution in [3.63, 3.8) is 0 Å². The lowest BCUT2D eigenvalue weighted by atomic mass is 10.0. The van der Waals surface area contributed by atoms with E-state index in [0.717, 1.165) is 28.7 Å². The van der Waals surface area contributed by atoms with Gasteiger partial charge >= 0.3 is 0 Å². The molecule has 2 aliphatic rings. The molecular weight excluding hydrogens is 350 g/mol. The molecule has 2 fully saturated rings. The van der Waals surface area contributed by atoms with Crippen LogP contribution in [0.2, 0.25) is 5.02 Å². The Kier molecular flexibility index (Phi) is 3.69. The number of aromatic nitrogens is 3. The molecule has 132 valence electrons. The van der Waals surface area contributed by atoms with Gasteiger partial charge in [-0.2, -0.15) is 0 Å². The molecule has 3 aromatic heterocycles. The molecule has 7 heteroatoms. The lowest BCUT2D eigenvalue weighted by molar-refractivity contribution is -0.118. The molecule has 5 rings (SSSR count). The Balaban J connectivity index is 1.59. The largest absolute Gasteiger partial charge is 0.346 e. The van der Waals surface area contributed by atoms with Crippen molar-refractivity contribution in [2.45, 2.75) is 18.8 Å². The summed E-state index contributed by atoms with van der Waals surface area (Å²) in [5.41, 5.74) is 3.87. The third-order valence-corrected chi connectivity index (χ3v) is 5.50. The van der Waals surface area contributed by atoms with Crippen LogP contribution < -0.4 is 10.2 Å². The number of carbonyl (C=O) groups excluding carboxylic acids is 1. The monoisotopic (exact) mass is 367 g/mol. The van der Waals surface area contributed by atoms with E-state index >= 15 is 0 Å². The zero-order valence-electron chi connectivity index (χ0n) is 14.1. The second-order valence-corrected chi connectivity index (χ2v) is 7.23. The minimum absolute atomic E-state index is 0.0298. The van der Waals surface area contributed by atoms with Gasteiger partial charge in [0.2, 0.25) is 5.91 Å². The molecular formula is C19H18ClN5O. The maximum Gasteiger partial charge on any atom is 0.242 e. The van der Waals surface area contributed by atoms with Gasteiger partial charge in [0.1, 0.15) is 11.5 Å². The van der Waals surface area contributed by atoms with E-state index in [-0.39, 0.29) is 5.91 Å². The average Bonchev–Trinajstić information content (AvgIpc) is 3.41. The van der Waals surface area contributed by atoms with E-state index < -0.39 is 0 Å². The zero-order chi connectivity index (χ0) is 17.7. The van der Waals surface area contributed by atoms with Crippen molar-refractivity contribution >= 4 is 34.4 Å². The SMILES string of the molecule is O=C1CNCCN1c1cc(-c2cnc3[nH]cc(C4CC4)c3c2Cl)ccn1. The van der Waals surface area contributed by atoms with Crippen LogP contribution in [0.5, 0.6) is 0 Å². The first-order valence-corrected chi connectivity index (χ1v) is 9.23. The maximum absolute atomic E-state index is 12.2. The topological polar surface area (TPSA) is 73.9 Å². The molecule has 0 unspecified atom stereocenters. The Morgan fingerprint density at radius 3 is 2.96 bits per heavy atom. The minimum atomic E-state index is 0.0298. The first-order valence-electron chi connectivity index (χ1n) is 8.85. The van der Waals surface area contributed by atoms with E-state index in [4.69, 9.17) is 11.6 Å². The van der Waals surface area contributed by atoms with Gasteiger partial charge in [-0.3, -0.25) is 9.69 Å². The third kappa shape index (κ3) is 2.57. The molecule has 0 radical (unpaired) electrons. The first kappa shape index (κ1) is 15.8. The van der Waals surface area contributed by atoms with Gasteiger partial charge in [0, 0.05) is 42.6 Å². The van der Waals surface area contributed by atoms with Gasteiger partial charge in [-0.05, 0) is 42.0 Å². The number of aromatic amines is 1. The van der Waals surface area contributed by atoms with E-state index in [1.54, 1.807) is 17.3 Å². The van der Waals surface area contributed by atoms with Gasteiger partial charge in [0.25, 0.3) is 0 Å². The van der Waals surface area contributed by atoms with E-state index in [1.165, 1.54) is 18.4 Å². The molecule has 0 aromatic carbocycles. The number of nitrogens with zero attached hydrogens (tertiary/aromatic N) is 3. The summed E-state index contributed by atoms with van der Waals surface area (Å²) >= 11 is 6.79. The fraction of sp³-hybridized carbons (Fsp3) is 0.316. The molecule has 1 saturated carbocycles. The molecule has 1 amide bonds. The lowest BCUT2D eigenvalue weighted by Gasteiger charge is -2.26. The van der Waals surface area contributed by atoms with Crippen molar-refractivity contribution in [3.05, 3.63) is 41.3 Å². The van der Waals surface area contributed by atoms with Gasteiger partial charge in [0.15, 0.2) is 0 Å². The average molecular weight is 368 g/mol. The quantitative estimate of drug-likeness (QED) is 0.746. The molecule has 1 aliphatic carbocycles. The molecule has 1 saturated heterocycles. The highest BCUT2D eigenvalue weighted by atomic mass is 35.5. The van der Waals surface area contributed by atoms with Crippen LogP contribution in [0, 0.1) is 0 Å². The van der Waals surface area contributed by atoms with Crippen LogP contribution in [0.3, 0.4) is 0 Å². The van der Waals surface area contributed by atoms with Crippen molar-refractivity contribution < 1.29 is 4.79 Å². The van der Waals surface area contributed by atoms with Crippen LogP contribution in [0.15, 0.2) is 30.7 Å². The summed E-state index contributed by atoms with van der Waals surface area (Å²) in [6.45, 7) is 1.72. The predicted molar refractivity (Wildman–Crippen MR) is 102 cm³/mol. The van der Waals surface area contributed by atoms with E-state index in [1.807, 2.05) is 18.3 Å². The van der Waals surface area contributed by atoms with Crippen LogP contribution in [-0.2, 0) is 4.79 Å². The number of hydrogen-bond donors (Lipinski definition) is 2. The molecule has 4 heterocycles. The van der Waals surface area contributed by atoms with Crippen LogP contribution in [0.1, 0.15) is 24.3 Å². The molecule has 26 heavy (non-hydrogen) atoms. The number of halogens is 1. The lowest BCUT2D eigenvalue weighted by Crippen LogP contribution is -2.48. The summed E-state index contributed by atoms with van der Waals surface area (Å²) in [6.07, 6.45) is 7.95. The number of hydrogen-bond acceptors (Lipinski definition) is 4. The first-order chi connectivity index (χ1) is 12.7. The minimum Gasteiger partial charge on any atom is -0.346 e. The third-order valence-electron chi connectivity index (χ3n) is 5.11. The number of H-pyrrole nitrogens is 1. The fourth-order valence-electron chi connectivity index (χ4n) is 3.58. The Hall–Kier alpha value is -2.44. The Morgan fingerprint density at radius 2 is 2.15 bits per heavy atom. The molecule has 3 aromatic rings. The number of fused-ring (bicyclic) bond motifs is 1. The zero-order valence-corrected chi connectivity index (χ0v) is 14.9. The van der Waals surface area contributed by atoms with E-state index in [9.17, 15) is 4.79 Å². The van der Waals surface area contributed by atoms with Gasteiger partial charge in [-0.15, -0.1) is 0 Å². The van der Waals surface area contributed by atoms with Crippen molar-refractivity contribution in [1.29, 1.82) is 0 Å². The Morgan fingerprint density at radius 1 is 1.27 bits per heavy atom. The van der Waals surface area contributed by atoms with Gasteiger partial charge in [-0.1, -0.05) is 11.6 Å². The number of piperazine rings is 1. The molecule has 6 nitrogen and oxygen atoms in total. The van der Waals surface area contributed by atoms with Crippen LogP contribution in [-0.4, -0.2) is 40.5 Å². The summed E-state index contributed by atoms with van der Waals surface area (Å²) < 4.78 is 0. The van der Waals surface area contributed by atoms with Crippen molar-refractivity contribution in [2.75, 3.05) is 24.5 Å². The van der Waals surface area contributed by atoms with Crippen molar-refractivity contribution in [2.24, 2.45) is 0 Å². The number of anilines is 1.